The van der Waals surface area contributed by atoms with Crippen LogP contribution in [0.15, 0.2) is 66.7 Å². The van der Waals surface area contributed by atoms with Crippen LogP contribution in [-0.4, -0.2) is 13.2 Å². The summed E-state index contributed by atoms with van der Waals surface area (Å²) in [7, 11) is 1.37. The second kappa shape index (κ2) is 5.98. The lowest BCUT2D eigenvalue weighted by Crippen LogP contribution is -2.11. The van der Waals surface area contributed by atoms with Gasteiger partial charge in [-0.25, -0.2) is 4.79 Å². The van der Waals surface area contributed by atoms with Crippen molar-refractivity contribution in [3.63, 3.8) is 0 Å². The van der Waals surface area contributed by atoms with Crippen LogP contribution in [0.4, 0.5) is 10.5 Å². The molecule has 0 unspecified atom stereocenters. The van der Waals surface area contributed by atoms with Crippen LogP contribution in [0.25, 0.3) is 31.3 Å². The number of benzene rings is 3. The van der Waals surface area contributed by atoms with E-state index in [0.717, 1.165) is 26.2 Å². The van der Waals surface area contributed by atoms with Gasteiger partial charge >= 0.3 is 6.09 Å². The van der Waals surface area contributed by atoms with Crippen molar-refractivity contribution in [2.75, 3.05) is 12.4 Å². The number of ether oxygens (including phenoxy) is 1. The molecule has 0 saturated carbocycles. The molecule has 1 aromatic heterocycles. The van der Waals surface area contributed by atoms with Crippen molar-refractivity contribution in [3.05, 3.63) is 66.7 Å². The smallest absolute Gasteiger partial charge is 0.411 e. The number of hydrogen-bond acceptors (Lipinski definition) is 3. The van der Waals surface area contributed by atoms with Gasteiger partial charge in [-0.2, -0.15) is 0 Å². The molecule has 1 N–H and O–H groups in total. The van der Waals surface area contributed by atoms with Gasteiger partial charge in [0.1, 0.15) is 0 Å². The quantitative estimate of drug-likeness (QED) is 0.496. The predicted molar refractivity (Wildman–Crippen MR) is 101 cm³/mol. The van der Waals surface area contributed by atoms with E-state index in [-0.39, 0.29) is 0 Å². The summed E-state index contributed by atoms with van der Waals surface area (Å²) in [6.07, 6.45) is -0.458. The zero-order chi connectivity index (χ0) is 16.5. The van der Waals surface area contributed by atoms with Crippen LogP contribution < -0.4 is 5.32 Å². The number of carbonyl (C=O) groups excluding carboxylic acids is 1. The van der Waals surface area contributed by atoms with Crippen molar-refractivity contribution in [3.8, 4) is 10.4 Å². The van der Waals surface area contributed by atoms with Gasteiger partial charge in [-0.1, -0.05) is 54.6 Å². The van der Waals surface area contributed by atoms with E-state index in [1.807, 2.05) is 30.3 Å². The molecule has 118 valence electrons. The highest BCUT2D eigenvalue weighted by molar-refractivity contribution is 7.23. The van der Waals surface area contributed by atoms with E-state index in [0.29, 0.717) is 0 Å². The standard InChI is InChI=1S/C20H15NO2S/c1-23-20(22)21-18-16-8-4-5-9-17(16)24-19(18)15-11-10-13-6-2-3-7-14(13)12-15/h2-12H,1H3,(H,21,22). The second-order valence-electron chi connectivity index (χ2n) is 5.48. The number of anilines is 1. The van der Waals surface area contributed by atoms with E-state index in [1.54, 1.807) is 11.3 Å². The molecule has 1 heterocycles. The lowest BCUT2D eigenvalue weighted by atomic mass is 10.0. The Bertz CT molecular complexity index is 1050. The first-order chi connectivity index (χ1) is 11.8. The van der Waals surface area contributed by atoms with Crippen molar-refractivity contribution in [1.29, 1.82) is 0 Å². The zero-order valence-electron chi connectivity index (χ0n) is 13.1. The minimum absolute atomic E-state index is 0.458. The molecule has 3 nitrogen and oxygen atoms in total. The summed E-state index contributed by atoms with van der Waals surface area (Å²) in [4.78, 5) is 12.8. The average molecular weight is 333 g/mol. The first-order valence-electron chi connectivity index (χ1n) is 7.62. The van der Waals surface area contributed by atoms with Gasteiger partial charge in [-0.05, 0) is 28.5 Å². The van der Waals surface area contributed by atoms with E-state index >= 15 is 0 Å². The van der Waals surface area contributed by atoms with Crippen LogP contribution >= 0.6 is 11.3 Å². The number of methoxy groups -OCH3 is 1. The molecule has 4 heteroatoms. The van der Waals surface area contributed by atoms with E-state index in [1.165, 1.54) is 17.9 Å². The number of nitrogens with one attached hydrogen (secondary N) is 1. The highest BCUT2D eigenvalue weighted by Crippen LogP contribution is 2.43. The van der Waals surface area contributed by atoms with Gasteiger partial charge in [0.05, 0.1) is 17.7 Å². The summed E-state index contributed by atoms with van der Waals surface area (Å²) in [6, 6.07) is 22.7. The monoisotopic (exact) mass is 333 g/mol. The largest absolute Gasteiger partial charge is 0.453 e. The number of fused-ring (bicyclic) bond motifs is 2. The van der Waals surface area contributed by atoms with Crippen molar-refractivity contribution >= 4 is 44.0 Å². The Morgan fingerprint density at radius 1 is 0.958 bits per heavy atom. The fourth-order valence-electron chi connectivity index (χ4n) is 2.86. The molecule has 0 fully saturated rings. The first kappa shape index (κ1) is 14.7. The van der Waals surface area contributed by atoms with Gasteiger partial charge in [-0.3, -0.25) is 5.32 Å². The fraction of sp³-hybridized carbons (Fsp3) is 0.0500. The van der Waals surface area contributed by atoms with E-state index in [4.69, 9.17) is 4.74 Å². The maximum atomic E-state index is 11.8. The molecule has 0 aliphatic rings. The lowest BCUT2D eigenvalue weighted by Gasteiger charge is -2.07. The highest BCUT2D eigenvalue weighted by atomic mass is 32.1. The number of thiophene rings is 1. The van der Waals surface area contributed by atoms with Crippen LogP contribution in [0, 0.1) is 0 Å². The Morgan fingerprint density at radius 2 is 1.71 bits per heavy atom. The lowest BCUT2D eigenvalue weighted by molar-refractivity contribution is 0.187. The Balaban J connectivity index is 1.93. The molecule has 0 spiro atoms. The molecule has 0 aliphatic heterocycles. The first-order valence-corrected chi connectivity index (χ1v) is 8.43. The second-order valence-corrected chi connectivity index (χ2v) is 6.53. The maximum Gasteiger partial charge on any atom is 0.411 e. The SMILES string of the molecule is COC(=O)Nc1c(-c2ccc3ccccc3c2)sc2ccccc12. The molecule has 4 aromatic rings. The summed E-state index contributed by atoms with van der Waals surface area (Å²) >= 11 is 1.67. The summed E-state index contributed by atoms with van der Waals surface area (Å²) in [5, 5.41) is 6.28. The van der Waals surface area contributed by atoms with E-state index in [9.17, 15) is 4.79 Å². The predicted octanol–water partition coefficient (Wildman–Crippen LogP) is 5.90. The highest BCUT2D eigenvalue weighted by Gasteiger charge is 2.16. The summed E-state index contributed by atoms with van der Waals surface area (Å²) in [6.45, 7) is 0. The number of amides is 1. The van der Waals surface area contributed by atoms with Crippen LogP contribution in [0.5, 0.6) is 0 Å². The summed E-state index contributed by atoms with van der Waals surface area (Å²) in [5.74, 6) is 0. The number of carbonyl (C=O) groups is 1. The number of hydrogen-bond donors (Lipinski definition) is 1. The Kier molecular flexibility index (Phi) is 3.67. The molecule has 4 rings (SSSR count). The topological polar surface area (TPSA) is 38.3 Å². The minimum Gasteiger partial charge on any atom is -0.453 e. The van der Waals surface area contributed by atoms with Crippen LogP contribution in [0.2, 0.25) is 0 Å². The van der Waals surface area contributed by atoms with Gasteiger partial charge in [0.2, 0.25) is 0 Å². The van der Waals surface area contributed by atoms with Crippen molar-refractivity contribution in [2.24, 2.45) is 0 Å². The Morgan fingerprint density at radius 3 is 2.54 bits per heavy atom. The molecule has 0 radical (unpaired) electrons. The molecule has 3 aromatic carbocycles. The van der Waals surface area contributed by atoms with Crippen LogP contribution in [-0.2, 0) is 4.74 Å². The third-order valence-corrected chi connectivity index (χ3v) is 5.24. The summed E-state index contributed by atoms with van der Waals surface area (Å²) < 4.78 is 5.92. The van der Waals surface area contributed by atoms with Crippen molar-refractivity contribution in [2.45, 2.75) is 0 Å². The van der Waals surface area contributed by atoms with Crippen LogP contribution in [0.1, 0.15) is 0 Å². The van der Waals surface area contributed by atoms with Crippen molar-refractivity contribution in [1.82, 2.24) is 0 Å². The van der Waals surface area contributed by atoms with E-state index < -0.39 is 6.09 Å². The molecule has 1 amide bonds. The Hall–Kier alpha value is -2.85. The number of rotatable bonds is 2. The maximum absolute atomic E-state index is 11.8. The third-order valence-electron chi connectivity index (χ3n) is 4.02. The Labute approximate surface area is 143 Å². The van der Waals surface area contributed by atoms with Gasteiger partial charge < -0.3 is 4.74 Å². The minimum atomic E-state index is -0.458. The van der Waals surface area contributed by atoms with Crippen LogP contribution in [0.3, 0.4) is 0 Å². The molecule has 0 aliphatic carbocycles. The van der Waals surface area contributed by atoms with Crippen molar-refractivity contribution < 1.29 is 9.53 Å². The van der Waals surface area contributed by atoms with Gasteiger partial charge in [0.15, 0.2) is 0 Å². The molecule has 0 atom stereocenters. The average Bonchev–Trinajstić information content (AvgIpc) is 3.00. The molecule has 24 heavy (non-hydrogen) atoms. The van der Waals surface area contributed by atoms with E-state index in [2.05, 4.69) is 41.7 Å². The van der Waals surface area contributed by atoms with Gasteiger partial charge in [0, 0.05) is 10.1 Å². The third kappa shape index (κ3) is 2.51. The van der Waals surface area contributed by atoms with Gasteiger partial charge in [0.25, 0.3) is 0 Å². The molecule has 0 saturated heterocycles. The zero-order valence-corrected chi connectivity index (χ0v) is 13.9. The fourth-order valence-corrected chi connectivity index (χ4v) is 4.01. The summed E-state index contributed by atoms with van der Waals surface area (Å²) in [5.41, 5.74) is 1.89. The molecule has 0 bridgehead atoms. The molecular formula is C20H15NO2S. The van der Waals surface area contributed by atoms with Gasteiger partial charge in [-0.15, -0.1) is 11.3 Å². The molecular weight excluding hydrogens is 318 g/mol. The normalized spacial score (nSPS) is 10.9.